The van der Waals surface area contributed by atoms with E-state index in [-0.39, 0.29) is 28.5 Å². The zero-order chi connectivity index (χ0) is 20.8. The van der Waals surface area contributed by atoms with Crippen LogP contribution in [-0.4, -0.2) is 41.3 Å². The number of imidazole rings is 1. The molecule has 1 atom stereocenters. The number of aromatic nitrogens is 7. The largest absolute Gasteiger partial charge is 0.489 e. The molecule has 0 radical (unpaired) electrons. The topological polar surface area (TPSA) is 130 Å². The molecule has 0 aliphatic carbocycles. The summed E-state index contributed by atoms with van der Waals surface area (Å²) < 4.78 is 25.1. The number of hydrogen-bond donors (Lipinski definition) is 2. The lowest BCUT2D eigenvalue weighted by Crippen LogP contribution is -2.26. The van der Waals surface area contributed by atoms with Crippen molar-refractivity contribution in [1.82, 2.24) is 34.7 Å². The lowest BCUT2D eigenvalue weighted by molar-refractivity contribution is 0.243. The maximum absolute atomic E-state index is 15.3. The van der Waals surface area contributed by atoms with Gasteiger partial charge in [0.15, 0.2) is 11.6 Å². The van der Waals surface area contributed by atoms with Crippen molar-refractivity contribution in [2.45, 2.75) is 32.4 Å². The Morgan fingerprint density at radius 2 is 2.30 bits per heavy atom. The molecule has 0 amide bonds. The molecule has 154 valence electrons. The van der Waals surface area contributed by atoms with Crippen LogP contribution < -0.4 is 15.9 Å². The van der Waals surface area contributed by atoms with Crippen molar-refractivity contribution < 1.29 is 9.13 Å². The standard InChI is InChI=1S/C19H19FN8O2/c1-10-8-30-18-11(3-2-5-27-6-4-22-9-27)14(20)15(21)13-16(18)28(10)7-12(17(13)29)19-23-25-26-24-19/h4,6-7,9-10H,2-3,5,8,21H2,1H3,(H,23,24,25,26)/t10-/m0/s1. The monoisotopic (exact) mass is 410 g/mol. The smallest absolute Gasteiger partial charge is 0.202 e. The Bertz CT molecular complexity index is 1280. The molecule has 11 heteroatoms. The van der Waals surface area contributed by atoms with E-state index in [1.807, 2.05) is 22.3 Å². The van der Waals surface area contributed by atoms with Gasteiger partial charge in [-0.2, -0.15) is 0 Å². The average Bonchev–Trinajstić information content (AvgIpc) is 3.44. The molecule has 0 saturated heterocycles. The number of benzene rings is 1. The van der Waals surface area contributed by atoms with Crippen molar-refractivity contribution in [3.8, 4) is 17.1 Å². The predicted octanol–water partition coefficient (Wildman–Crippen LogP) is 1.69. The first-order chi connectivity index (χ1) is 14.6. The van der Waals surface area contributed by atoms with Crippen molar-refractivity contribution in [1.29, 1.82) is 0 Å². The van der Waals surface area contributed by atoms with E-state index in [4.69, 9.17) is 10.5 Å². The summed E-state index contributed by atoms with van der Waals surface area (Å²) >= 11 is 0. The van der Waals surface area contributed by atoms with Gasteiger partial charge in [0.2, 0.25) is 5.43 Å². The number of nitrogens with one attached hydrogen (secondary N) is 1. The first-order valence-electron chi connectivity index (χ1n) is 9.57. The zero-order valence-corrected chi connectivity index (χ0v) is 16.2. The highest BCUT2D eigenvalue weighted by molar-refractivity contribution is 5.98. The van der Waals surface area contributed by atoms with Crippen LogP contribution in [0.25, 0.3) is 22.3 Å². The van der Waals surface area contributed by atoms with E-state index < -0.39 is 11.2 Å². The van der Waals surface area contributed by atoms with Crippen LogP contribution in [-0.2, 0) is 13.0 Å². The number of ether oxygens (including phenoxy) is 1. The SMILES string of the molecule is C[C@H]1COc2c(CCCn3ccnc3)c(F)c(N)c3c(=O)c(-c4nnn[nH]4)cn1c23. The summed E-state index contributed by atoms with van der Waals surface area (Å²) in [5.41, 5.74) is 6.64. The van der Waals surface area contributed by atoms with Gasteiger partial charge in [-0.1, -0.05) is 0 Å². The van der Waals surface area contributed by atoms with Crippen LogP contribution >= 0.6 is 0 Å². The number of aromatic amines is 1. The normalized spacial score (nSPS) is 15.5. The van der Waals surface area contributed by atoms with Crippen molar-refractivity contribution in [2.24, 2.45) is 0 Å². The molecule has 1 aliphatic rings. The van der Waals surface area contributed by atoms with Crippen LogP contribution in [0.5, 0.6) is 5.75 Å². The zero-order valence-electron chi connectivity index (χ0n) is 16.2. The van der Waals surface area contributed by atoms with Gasteiger partial charge in [0.25, 0.3) is 0 Å². The first-order valence-corrected chi connectivity index (χ1v) is 9.57. The van der Waals surface area contributed by atoms with Gasteiger partial charge in [-0.25, -0.2) is 14.5 Å². The van der Waals surface area contributed by atoms with Crippen LogP contribution in [0.4, 0.5) is 10.1 Å². The molecular formula is C19H19FN8O2. The fraction of sp³-hybridized carbons (Fsp3) is 0.316. The number of nitrogens with zero attached hydrogens (tertiary/aromatic N) is 6. The summed E-state index contributed by atoms with van der Waals surface area (Å²) in [5.74, 6) is -0.0379. The van der Waals surface area contributed by atoms with E-state index in [9.17, 15) is 4.79 Å². The lowest BCUT2D eigenvalue weighted by Gasteiger charge is -2.29. The summed E-state index contributed by atoms with van der Waals surface area (Å²) in [6.07, 6.45) is 8.02. The number of tetrazole rings is 1. The Hall–Kier alpha value is -3.76. The van der Waals surface area contributed by atoms with Gasteiger partial charge in [0, 0.05) is 30.7 Å². The van der Waals surface area contributed by atoms with Gasteiger partial charge in [-0.3, -0.25) is 4.79 Å². The Labute approximate surface area is 169 Å². The maximum atomic E-state index is 15.3. The van der Waals surface area contributed by atoms with E-state index in [2.05, 4.69) is 25.6 Å². The summed E-state index contributed by atoms with van der Waals surface area (Å²) in [6, 6.07) is -0.0844. The molecule has 30 heavy (non-hydrogen) atoms. The second-order valence-corrected chi connectivity index (χ2v) is 7.35. The molecule has 4 aromatic rings. The fourth-order valence-electron chi connectivity index (χ4n) is 3.94. The highest BCUT2D eigenvalue weighted by atomic mass is 19.1. The third kappa shape index (κ3) is 2.73. The number of rotatable bonds is 5. The van der Waals surface area contributed by atoms with Gasteiger partial charge >= 0.3 is 0 Å². The number of nitrogens with two attached hydrogens (primary N) is 1. The summed E-state index contributed by atoms with van der Waals surface area (Å²) in [5, 5.41) is 13.6. The average molecular weight is 410 g/mol. The number of halogens is 1. The van der Waals surface area contributed by atoms with Crippen molar-refractivity contribution in [3.63, 3.8) is 0 Å². The predicted molar refractivity (Wildman–Crippen MR) is 107 cm³/mol. The molecule has 0 spiro atoms. The number of aryl methyl sites for hydroxylation is 1. The van der Waals surface area contributed by atoms with Crippen molar-refractivity contribution in [3.05, 3.63) is 46.5 Å². The summed E-state index contributed by atoms with van der Waals surface area (Å²) in [4.78, 5) is 17.2. The fourth-order valence-corrected chi connectivity index (χ4v) is 3.94. The molecule has 1 aliphatic heterocycles. The molecule has 0 bridgehead atoms. The summed E-state index contributed by atoms with van der Waals surface area (Å²) in [6.45, 7) is 2.97. The minimum Gasteiger partial charge on any atom is -0.489 e. The molecule has 0 unspecified atom stereocenters. The highest BCUT2D eigenvalue weighted by Crippen LogP contribution is 2.41. The van der Waals surface area contributed by atoms with Crippen LogP contribution in [0.15, 0.2) is 29.7 Å². The molecule has 5 rings (SSSR count). The first kappa shape index (κ1) is 18.3. The lowest BCUT2D eigenvalue weighted by atomic mass is 9.99. The van der Waals surface area contributed by atoms with Gasteiger partial charge < -0.3 is 19.6 Å². The minimum absolute atomic E-state index is 0.0844. The van der Waals surface area contributed by atoms with E-state index in [0.29, 0.717) is 42.8 Å². The van der Waals surface area contributed by atoms with E-state index in [0.717, 1.165) is 0 Å². The second kappa shape index (κ2) is 6.94. The van der Waals surface area contributed by atoms with E-state index in [1.54, 1.807) is 18.7 Å². The second-order valence-electron chi connectivity index (χ2n) is 7.35. The van der Waals surface area contributed by atoms with Crippen molar-refractivity contribution in [2.75, 3.05) is 12.3 Å². The molecule has 1 aromatic carbocycles. The number of pyridine rings is 1. The molecule has 3 aromatic heterocycles. The molecule has 0 fully saturated rings. The molecule has 4 heterocycles. The van der Waals surface area contributed by atoms with Crippen molar-refractivity contribution >= 4 is 16.6 Å². The van der Waals surface area contributed by atoms with E-state index >= 15 is 4.39 Å². The number of nitrogen functional groups attached to an aromatic ring is 1. The molecule has 0 saturated carbocycles. The Morgan fingerprint density at radius 1 is 1.43 bits per heavy atom. The molecular weight excluding hydrogens is 391 g/mol. The number of anilines is 1. The third-order valence-electron chi connectivity index (χ3n) is 5.44. The Balaban J connectivity index is 1.69. The number of H-pyrrole nitrogens is 1. The van der Waals surface area contributed by atoms with Gasteiger partial charge in [-0.05, 0) is 30.2 Å². The number of hydrogen-bond acceptors (Lipinski definition) is 7. The van der Waals surface area contributed by atoms with Gasteiger partial charge in [0.05, 0.1) is 34.5 Å². The summed E-state index contributed by atoms with van der Waals surface area (Å²) in [7, 11) is 0. The minimum atomic E-state index is -0.617. The van der Waals surface area contributed by atoms with Gasteiger partial charge in [-0.15, -0.1) is 5.10 Å². The van der Waals surface area contributed by atoms with Crippen LogP contribution in [0.2, 0.25) is 0 Å². The van der Waals surface area contributed by atoms with Crippen LogP contribution in [0, 0.1) is 5.82 Å². The Morgan fingerprint density at radius 3 is 3.03 bits per heavy atom. The van der Waals surface area contributed by atoms with Gasteiger partial charge in [0.1, 0.15) is 12.4 Å². The highest BCUT2D eigenvalue weighted by Gasteiger charge is 2.29. The van der Waals surface area contributed by atoms with E-state index in [1.165, 1.54) is 0 Å². The quantitative estimate of drug-likeness (QED) is 0.479. The van der Waals surface area contributed by atoms with Crippen LogP contribution in [0.1, 0.15) is 24.9 Å². The third-order valence-corrected chi connectivity index (χ3v) is 5.44. The molecule has 10 nitrogen and oxygen atoms in total. The molecule has 3 N–H and O–H groups in total. The van der Waals surface area contributed by atoms with Crippen LogP contribution in [0.3, 0.4) is 0 Å². The Kier molecular flexibility index (Phi) is 4.23. The maximum Gasteiger partial charge on any atom is 0.202 e.